The third-order valence-corrected chi connectivity index (χ3v) is 7.17. The first-order chi connectivity index (χ1) is 15.6. The van der Waals surface area contributed by atoms with Crippen LogP contribution in [-0.2, 0) is 0 Å². The van der Waals surface area contributed by atoms with Crippen LogP contribution < -0.4 is 9.47 Å². The summed E-state index contributed by atoms with van der Waals surface area (Å²) in [7, 11) is 0. The second kappa shape index (κ2) is 10.6. The van der Waals surface area contributed by atoms with Gasteiger partial charge in [0, 0.05) is 6.07 Å². The van der Waals surface area contributed by atoms with Crippen LogP contribution in [0, 0.1) is 23.4 Å². The molecule has 2 saturated carbocycles. The second-order valence-electron chi connectivity index (χ2n) is 9.26. The van der Waals surface area contributed by atoms with Crippen LogP contribution in [0.1, 0.15) is 87.7 Å². The molecule has 2 aliphatic rings. The van der Waals surface area contributed by atoms with E-state index < -0.39 is 11.6 Å². The Morgan fingerprint density at radius 3 is 2.12 bits per heavy atom. The minimum Gasteiger partial charge on any atom is -0.494 e. The molecular formula is C27H33F3O2. The maximum atomic E-state index is 14.7. The van der Waals surface area contributed by atoms with E-state index in [0.29, 0.717) is 24.5 Å². The van der Waals surface area contributed by atoms with E-state index in [1.165, 1.54) is 12.5 Å². The zero-order valence-corrected chi connectivity index (χ0v) is 18.8. The van der Waals surface area contributed by atoms with Gasteiger partial charge in [0.1, 0.15) is 11.6 Å². The first-order valence-electron chi connectivity index (χ1n) is 12.1. The molecule has 4 rings (SSSR count). The van der Waals surface area contributed by atoms with Gasteiger partial charge < -0.3 is 9.47 Å². The quantitative estimate of drug-likeness (QED) is 0.430. The lowest BCUT2D eigenvalue weighted by Crippen LogP contribution is -2.20. The SMILES string of the molecule is CCOc1ccc(C2CCC(COc3ccc(C4CCCCC4)c(F)c3F)CC2)c(F)c1. The van der Waals surface area contributed by atoms with Gasteiger partial charge in [-0.05, 0) is 86.5 Å². The van der Waals surface area contributed by atoms with E-state index in [-0.39, 0.29) is 29.3 Å². The largest absolute Gasteiger partial charge is 0.494 e. The van der Waals surface area contributed by atoms with Crippen molar-refractivity contribution in [2.45, 2.75) is 76.5 Å². The lowest BCUT2D eigenvalue weighted by atomic mass is 9.79. The van der Waals surface area contributed by atoms with Crippen LogP contribution in [0.2, 0.25) is 0 Å². The molecule has 2 aromatic rings. The van der Waals surface area contributed by atoms with E-state index in [1.807, 2.05) is 19.1 Å². The van der Waals surface area contributed by atoms with Crippen LogP contribution in [0.15, 0.2) is 30.3 Å². The highest BCUT2D eigenvalue weighted by atomic mass is 19.2. The minimum atomic E-state index is -0.863. The number of hydrogen-bond acceptors (Lipinski definition) is 2. The van der Waals surface area contributed by atoms with Crippen LogP contribution in [0.5, 0.6) is 11.5 Å². The van der Waals surface area contributed by atoms with E-state index in [2.05, 4.69) is 0 Å². The molecule has 2 nitrogen and oxygen atoms in total. The standard InChI is InChI=1S/C27H33F3O2/c1-2-31-21-12-13-22(24(28)16-21)20-10-8-18(9-11-20)17-32-25-15-14-23(26(29)27(25)30)19-6-4-3-5-7-19/h12-16,18-20H,2-11,17H2,1H3. The van der Waals surface area contributed by atoms with Gasteiger partial charge in [0.25, 0.3) is 0 Å². The van der Waals surface area contributed by atoms with Gasteiger partial charge in [0.05, 0.1) is 13.2 Å². The molecule has 32 heavy (non-hydrogen) atoms. The Balaban J connectivity index is 1.31. The van der Waals surface area contributed by atoms with Crippen LogP contribution in [0.4, 0.5) is 13.2 Å². The molecule has 0 spiro atoms. The Morgan fingerprint density at radius 2 is 1.44 bits per heavy atom. The van der Waals surface area contributed by atoms with E-state index in [1.54, 1.807) is 12.1 Å². The van der Waals surface area contributed by atoms with E-state index in [0.717, 1.165) is 56.9 Å². The molecule has 2 aliphatic carbocycles. The van der Waals surface area contributed by atoms with Crippen LogP contribution in [-0.4, -0.2) is 13.2 Å². The highest BCUT2D eigenvalue weighted by Crippen LogP contribution is 2.39. The van der Waals surface area contributed by atoms with Crippen LogP contribution in [0.25, 0.3) is 0 Å². The summed E-state index contributed by atoms with van der Waals surface area (Å²) in [5, 5.41) is 0. The third kappa shape index (κ3) is 5.24. The van der Waals surface area contributed by atoms with Gasteiger partial charge >= 0.3 is 0 Å². The molecule has 0 bridgehead atoms. The summed E-state index contributed by atoms with van der Waals surface area (Å²) in [5.41, 5.74) is 1.23. The van der Waals surface area contributed by atoms with Gasteiger partial charge in [-0.25, -0.2) is 8.78 Å². The Hall–Kier alpha value is -2.17. The fourth-order valence-corrected chi connectivity index (χ4v) is 5.33. The Morgan fingerprint density at radius 1 is 0.750 bits per heavy atom. The topological polar surface area (TPSA) is 18.5 Å². The smallest absolute Gasteiger partial charge is 0.200 e. The molecule has 0 aliphatic heterocycles. The van der Waals surface area contributed by atoms with Crippen LogP contribution in [0.3, 0.4) is 0 Å². The molecule has 174 valence electrons. The monoisotopic (exact) mass is 446 g/mol. The minimum absolute atomic E-state index is 0.00161. The summed E-state index contributed by atoms with van der Waals surface area (Å²) in [6.45, 7) is 2.75. The summed E-state index contributed by atoms with van der Waals surface area (Å²) in [4.78, 5) is 0. The number of halogens is 3. The summed E-state index contributed by atoms with van der Waals surface area (Å²) >= 11 is 0. The van der Waals surface area contributed by atoms with Crippen molar-refractivity contribution in [1.29, 1.82) is 0 Å². The van der Waals surface area contributed by atoms with E-state index >= 15 is 0 Å². The summed E-state index contributed by atoms with van der Waals surface area (Å²) in [6.07, 6.45) is 8.65. The van der Waals surface area contributed by atoms with Crippen molar-refractivity contribution >= 4 is 0 Å². The van der Waals surface area contributed by atoms with Crippen molar-refractivity contribution < 1.29 is 22.6 Å². The number of ether oxygens (including phenoxy) is 2. The molecule has 0 radical (unpaired) electrons. The molecule has 0 saturated heterocycles. The van der Waals surface area contributed by atoms with E-state index in [9.17, 15) is 13.2 Å². The molecule has 5 heteroatoms. The molecule has 2 fully saturated rings. The Bertz CT molecular complexity index is 900. The van der Waals surface area contributed by atoms with Gasteiger partial charge in [-0.2, -0.15) is 4.39 Å². The first-order valence-corrected chi connectivity index (χ1v) is 12.1. The third-order valence-electron chi connectivity index (χ3n) is 7.17. The van der Waals surface area contributed by atoms with Crippen molar-refractivity contribution in [2.24, 2.45) is 5.92 Å². The predicted octanol–water partition coefficient (Wildman–Crippen LogP) is 7.90. The maximum Gasteiger partial charge on any atom is 0.200 e. The Labute approximate surface area is 189 Å². The molecule has 2 aromatic carbocycles. The van der Waals surface area contributed by atoms with Crippen LogP contribution >= 0.6 is 0 Å². The summed E-state index contributed by atoms with van der Waals surface area (Å²) in [5.74, 6) is -0.719. The predicted molar refractivity (Wildman–Crippen MR) is 120 cm³/mol. The zero-order chi connectivity index (χ0) is 22.5. The number of rotatable bonds is 7. The van der Waals surface area contributed by atoms with Crippen molar-refractivity contribution in [2.75, 3.05) is 13.2 Å². The number of hydrogen-bond donors (Lipinski definition) is 0. The summed E-state index contributed by atoms with van der Waals surface area (Å²) < 4.78 is 54.9. The lowest BCUT2D eigenvalue weighted by Gasteiger charge is -2.29. The number of benzene rings is 2. The van der Waals surface area contributed by atoms with E-state index in [4.69, 9.17) is 9.47 Å². The Kier molecular flexibility index (Phi) is 7.64. The van der Waals surface area contributed by atoms with Gasteiger partial charge in [-0.1, -0.05) is 31.4 Å². The maximum absolute atomic E-state index is 14.7. The first kappa shape index (κ1) is 23.0. The van der Waals surface area contributed by atoms with Gasteiger partial charge in [-0.3, -0.25) is 0 Å². The molecule has 0 aromatic heterocycles. The molecular weight excluding hydrogens is 413 g/mol. The molecule has 0 atom stereocenters. The average Bonchev–Trinajstić information content (AvgIpc) is 2.81. The average molecular weight is 447 g/mol. The van der Waals surface area contributed by atoms with Crippen molar-refractivity contribution in [3.63, 3.8) is 0 Å². The molecule has 0 unspecified atom stereocenters. The van der Waals surface area contributed by atoms with Crippen molar-refractivity contribution in [3.8, 4) is 11.5 Å². The normalized spacial score (nSPS) is 22.0. The lowest BCUT2D eigenvalue weighted by molar-refractivity contribution is 0.191. The second-order valence-corrected chi connectivity index (χ2v) is 9.26. The van der Waals surface area contributed by atoms with Gasteiger partial charge in [0.2, 0.25) is 5.82 Å². The fourth-order valence-electron chi connectivity index (χ4n) is 5.33. The zero-order valence-electron chi connectivity index (χ0n) is 18.8. The molecule has 0 amide bonds. The highest BCUT2D eigenvalue weighted by Gasteiger charge is 2.26. The van der Waals surface area contributed by atoms with Gasteiger partial charge in [-0.15, -0.1) is 0 Å². The molecule has 0 heterocycles. The summed E-state index contributed by atoms with van der Waals surface area (Å²) in [6, 6.07) is 8.40. The molecule has 0 N–H and O–H groups in total. The van der Waals surface area contributed by atoms with Gasteiger partial charge in [0.15, 0.2) is 11.6 Å². The highest BCUT2D eigenvalue weighted by molar-refractivity contribution is 5.34. The fraction of sp³-hybridized carbons (Fsp3) is 0.556. The van der Waals surface area contributed by atoms with Crippen molar-refractivity contribution in [1.82, 2.24) is 0 Å². The van der Waals surface area contributed by atoms with Crippen molar-refractivity contribution in [3.05, 3.63) is 58.9 Å².